The summed E-state index contributed by atoms with van der Waals surface area (Å²) in [5.74, 6) is 0.900. The lowest BCUT2D eigenvalue weighted by atomic mass is 9.91. The Balaban J connectivity index is 1.98. The van der Waals surface area contributed by atoms with Crippen molar-refractivity contribution in [2.75, 3.05) is 5.73 Å². The third-order valence-corrected chi connectivity index (χ3v) is 3.96. The van der Waals surface area contributed by atoms with Crippen LogP contribution in [0.3, 0.4) is 0 Å². The molecular formula is C15H19N3O. The van der Waals surface area contributed by atoms with E-state index in [9.17, 15) is 0 Å². The first-order valence-corrected chi connectivity index (χ1v) is 7.01. The summed E-state index contributed by atoms with van der Waals surface area (Å²) in [6, 6.07) is 3.92. The fourth-order valence-corrected chi connectivity index (χ4v) is 2.96. The molecule has 0 unspecified atom stereocenters. The van der Waals surface area contributed by atoms with Gasteiger partial charge >= 0.3 is 0 Å². The van der Waals surface area contributed by atoms with Gasteiger partial charge in [-0.15, -0.1) is 0 Å². The SMILES string of the molecule is Nc1onc(C2CCCCCC2)c1-c1ccncc1. The monoisotopic (exact) mass is 257 g/mol. The number of nitrogens with two attached hydrogens (primary N) is 1. The standard InChI is InChI=1S/C15H19N3O/c16-15-13(11-7-9-17-10-8-11)14(18-19-15)12-5-3-1-2-4-6-12/h7-10,12H,1-6,16H2. The quantitative estimate of drug-likeness (QED) is 0.832. The highest BCUT2D eigenvalue weighted by Gasteiger charge is 2.24. The number of nitrogen functional groups attached to an aromatic ring is 1. The van der Waals surface area contributed by atoms with Crippen molar-refractivity contribution in [2.45, 2.75) is 44.4 Å². The molecule has 3 rings (SSSR count). The third kappa shape index (κ3) is 2.48. The Kier molecular flexibility index (Phi) is 3.49. The minimum Gasteiger partial charge on any atom is -0.367 e. The lowest BCUT2D eigenvalue weighted by Gasteiger charge is -2.12. The Bertz CT molecular complexity index is 528. The Morgan fingerprint density at radius 2 is 1.74 bits per heavy atom. The molecule has 0 amide bonds. The molecule has 2 aromatic heterocycles. The van der Waals surface area contributed by atoms with Crippen molar-refractivity contribution in [3.8, 4) is 11.1 Å². The van der Waals surface area contributed by atoms with Gasteiger partial charge in [0.25, 0.3) is 0 Å². The number of rotatable bonds is 2. The van der Waals surface area contributed by atoms with Gasteiger partial charge in [-0.05, 0) is 30.5 Å². The average Bonchev–Trinajstić information content (AvgIpc) is 2.67. The van der Waals surface area contributed by atoms with Gasteiger partial charge in [0.2, 0.25) is 5.88 Å². The van der Waals surface area contributed by atoms with Gasteiger partial charge in [0.15, 0.2) is 0 Å². The molecule has 0 aliphatic heterocycles. The molecular weight excluding hydrogens is 238 g/mol. The zero-order valence-corrected chi connectivity index (χ0v) is 11.0. The van der Waals surface area contributed by atoms with Gasteiger partial charge in [0, 0.05) is 18.3 Å². The zero-order chi connectivity index (χ0) is 13.1. The molecule has 1 saturated carbocycles. The van der Waals surface area contributed by atoms with E-state index in [1.807, 2.05) is 12.1 Å². The van der Waals surface area contributed by atoms with Crippen LogP contribution in [0.15, 0.2) is 29.0 Å². The molecule has 2 aromatic rings. The molecule has 1 fully saturated rings. The predicted molar refractivity (Wildman–Crippen MR) is 74.6 cm³/mol. The van der Waals surface area contributed by atoms with E-state index in [-0.39, 0.29) is 0 Å². The summed E-state index contributed by atoms with van der Waals surface area (Å²) in [5, 5.41) is 4.24. The molecule has 2 heterocycles. The number of nitrogens with zero attached hydrogens (tertiary/aromatic N) is 2. The van der Waals surface area contributed by atoms with Gasteiger partial charge in [-0.3, -0.25) is 4.98 Å². The molecule has 0 atom stereocenters. The smallest absolute Gasteiger partial charge is 0.230 e. The Labute approximate surface area is 113 Å². The van der Waals surface area contributed by atoms with E-state index in [0.717, 1.165) is 16.8 Å². The lowest BCUT2D eigenvalue weighted by Crippen LogP contribution is -2.00. The van der Waals surface area contributed by atoms with Crippen LogP contribution in [0.5, 0.6) is 0 Å². The largest absolute Gasteiger partial charge is 0.367 e. The Hall–Kier alpha value is -1.84. The average molecular weight is 257 g/mol. The molecule has 0 aromatic carbocycles. The maximum Gasteiger partial charge on any atom is 0.230 e. The fraction of sp³-hybridized carbons (Fsp3) is 0.467. The molecule has 0 spiro atoms. The fourth-order valence-electron chi connectivity index (χ4n) is 2.96. The van der Waals surface area contributed by atoms with Crippen molar-refractivity contribution < 1.29 is 4.52 Å². The third-order valence-electron chi connectivity index (χ3n) is 3.96. The van der Waals surface area contributed by atoms with Crippen LogP contribution in [0.2, 0.25) is 0 Å². The van der Waals surface area contributed by atoms with E-state index in [2.05, 4.69) is 10.1 Å². The van der Waals surface area contributed by atoms with Crippen molar-refractivity contribution in [1.29, 1.82) is 0 Å². The minimum atomic E-state index is 0.422. The van der Waals surface area contributed by atoms with Crippen LogP contribution in [-0.2, 0) is 0 Å². The Morgan fingerprint density at radius 1 is 1.05 bits per heavy atom. The first kappa shape index (κ1) is 12.2. The summed E-state index contributed by atoms with van der Waals surface area (Å²) < 4.78 is 5.25. The summed E-state index contributed by atoms with van der Waals surface area (Å²) in [7, 11) is 0. The molecule has 2 N–H and O–H groups in total. The number of anilines is 1. The second-order valence-electron chi connectivity index (χ2n) is 5.23. The maximum atomic E-state index is 5.97. The van der Waals surface area contributed by atoms with E-state index < -0.39 is 0 Å². The number of pyridine rings is 1. The highest BCUT2D eigenvalue weighted by Crippen LogP contribution is 2.39. The van der Waals surface area contributed by atoms with Gasteiger partial charge in [-0.25, -0.2) is 0 Å². The van der Waals surface area contributed by atoms with Crippen molar-refractivity contribution in [3.63, 3.8) is 0 Å². The van der Waals surface area contributed by atoms with Crippen molar-refractivity contribution in [2.24, 2.45) is 0 Å². The molecule has 1 aliphatic rings. The highest BCUT2D eigenvalue weighted by molar-refractivity contribution is 5.75. The van der Waals surface area contributed by atoms with Gasteiger partial charge in [-0.1, -0.05) is 30.8 Å². The van der Waals surface area contributed by atoms with E-state index in [1.165, 1.54) is 38.5 Å². The van der Waals surface area contributed by atoms with Crippen LogP contribution in [-0.4, -0.2) is 10.1 Å². The highest BCUT2D eigenvalue weighted by atomic mass is 16.5. The molecule has 0 saturated heterocycles. The van der Waals surface area contributed by atoms with Crippen molar-refractivity contribution >= 4 is 5.88 Å². The molecule has 1 aliphatic carbocycles. The molecule has 4 nitrogen and oxygen atoms in total. The van der Waals surface area contributed by atoms with Crippen LogP contribution in [0.4, 0.5) is 5.88 Å². The second-order valence-corrected chi connectivity index (χ2v) is 5.23. The zero-order valence-electron chi connectivity index (χ0n) is 11.0. The summed E-state index contributed by atoms with van der Waals surface area (Å²) in [4.78, 5) is 4.05. The lowest BCUT2D eigenvalue weighted by molar-refractivity contribution is 0.413. The van der Waals surface area contributed by atoms with E-state index in [4.69, 9.17) is 10.3 Å². The molecule has 0 radical (unpaired) electrons. The number of hydrogen-bond acceptors (Lipinski definition) is 4. The topological polar surface area (TPSA) is 64.9 Å². The van der Waals surface area contributed by atoms with E-state index >= 15 is 0 Å². The summed E-state index contributed by atoms with van der Waals surface area (Å²) in [6.45, 7) is 0. The van der Waals surface area contributed by atoms with Gasteiger partial charge in [-0.2, -0.15) is 0 Å². The minimum absolute atomic E-state index is 0.422. The summed E-state index contributed by atoms with van der Waals surface area (Å²) in [5.41, 5.74) is 9.02. The van der Waals surface area contributed by atoms with E-state index in [0.29, 0.717) is 11.8 Å². The molecule has 100 valence electrons. The number of hydrogen-bond donors (Lipinski definition) is 1. The van der Waals surface area contributed by atoms with Crippen LogP contribution in [0.25, 0.3) is 11.1 Å². The predicted octanol–water partition coefficient (Wildman–Crippen LogP) is 3.76. The normalized spacial score (nSPS) is 17.3. The second kappa shape index (κ2) is 5.43. The molecule has 0 bridgehead atoms. The number of aromatic nitrogens is 2. The molecule has 19 heavy (non-hydrogen) atoms. The first-order chi connectivity index (χ1) is 9.36. The molecule has 4 heteroatoms. The van der Waals surface area contributed by atoms with Crippen LogP contribution < -0.4 is 5.73 Å². The summed E-state index contributed by atoms with van der Waals surface area (Å²) >= 11 is 0. The van der Waals surface area contributed by atoms with Gasteiger partial charge in [0.05, 0.1) is 11.3 Å². The van der Waals surface area contributed by atoms with Gasteiger partial charge in [0.1, 0.15) is 0 Å². The Morgan fingerprint density at radius 3 is 2.42 bits per heavy atom. The van der Waals surface area contributed by atoms with Crippen LogP contribution in [0.1, 0.15) is 50.1 Å². The van der Waals surface area contributed by atoms with E-state index in [1.54, 1.807) is 12.4 Å². The van der Waals surface area contributed by atoms with Crippen molar-refractivity contribution in [1.82, 2.24) is 10.1 Å². The van der Waals surface area contributed by atoms with Crippen LogP contribution in [0, 0.1) is 0 Å². The summed E-state index contributed by atoms with van der Waals surface area (Å²) in [6.07, 6.45) is 11.1. The van der Waals surface area contributed by atoms with Crippen LogP contribution >= 0.6 is 0 Å². The van der Waals surface area contributed by atoms with Gasteiger partial charge < -0.3 is 10.3 Å². The maximum absolute atomic E-state index is 5.97. The van der Waals surface area contributed by atoms with Crippen molar-refractivity contribution in [3.05, 3.63) is 30.2 Å². The first-order valence-electron chi connectivity index (χ1n) is 7.01.